The van der Waals surface area contributed by atoms with Crippen molar-refractivity contribution in [2.75, 3.05) is 0 Å². The second-order valence-corrected chi connectivity index (χ2v) is 4.81. The van der Waals surface area contributed by atoms with Crippen LogP contribution in [-0.4, -0.2) is 21.4 Å². The summed E-state index contributed by atoms with van der Waals surface area (Å²) in [6.07, 6.45) is 1.21. The third-order valence-corrected chi connectivity index (χ3v) is 2.97. The number of hydrogen-bond acceptors (Lipinski definition) is 5. The maximum absolute atomic E-state index is 10.8. The van der Waals surface area contributed by atoms with Crippen LogP contribution < -0.4 is 0 Å². The van der Waals surface area contributed by atoms with Crippen LogP contribution in [0.5, 0.6) is 11.5 Å². The van der Waals surface area contributed by atoms with Gasteiger partial charge in [0.15, 0.2) is 0 Å². The number of phenols is 2. The summed E-state index contributed by atoms with van der Waals surface area (Å²) >= 11 is 5.78. The van der Waals surface area contributed by atoms with Gasteiger partial charge in [0, 0.05) is 22.9 Å². The maximum Gasteiger partial charge on any atom is 0.312 e. The van der Waals surface area contributed by atoms with Crippen molar-refractivity contribution < 1.29 is 15.1 Å². The van der Waals surface area contributed by atoms with Crippen LogP contribution in [0.15, 0.2) is 35.3 Å². The fourth-order valence-electron chi connectivity index (χ4n) is 1.72. The topological polar surface area (TPSA) is 96.0 Å². The number of aryl methyl sites for hydroxylation is 1. The molecular weight excluding hydrogens is 296 g/mol. The molecule has 21 heavy (non-hydrogen) atoms. The minimum Gasteiger partial charge on any atom is -0.506 e. The lowest BCUT2D eigenvalue weighted by atomic mass is 10.2. The predicted octanol–water partition coefficient (Wildman–Crippen LogP) is 3.72. The molecule has 108 valence electrons. The van der Waals surface area contributed by atoms with E-state index in [-0.39, 0.29) is 22.0 Å². The van der Waals surface area contributed by atoms with E-state index < -0.39 is 16.4 Å². The number of phenolic OH excluding ortho intramolecular Hbond substituents is 2. The SMILES string of the molecule is Cc1ccc(O)c(N=Cc2cc(Cl)cc([N+](=O)[O-])c2O)c1. The zero-order valence-corrected chi connectivity index (χ0v) is 11.7. The van der Waals surface area contributed by atoms with E-state index in [4.69, 9.17) is 11.6 Å². The highest BCUT2D eigenvalue weighted by atomic mass is 35.5. The molecule has 0 heterocycles. The van der Waals surface area contributed by atoms with Gasteiger partial charge in [0.05, 0.1) is 4.92 Å². The quantitative estimate of drug-likeness (QED) is 0.513. The Bertz CT molecular complexity index is 744. The Kier molecular flexibility index (Phi) is 4.09. The summed E-state index contributed by atoms with van der Waals surface area (Å²) in [6, 6.07) is 7.25. The van der Waals surface area contributed by atoms with Gasteiger partial charge in [0.1, 0.15) is 11.4 Å². The molecule has 0 fully saturated rings. The Labute approximate surface area is 125 Å². The van der Waals surface area contributed by atoms with Gasteiger partial charge in [-0.05, 0) is 30.7 Å². The lowest BCUT2D eigenvalue weighted by molar-refractivity contribution is -0.385. The Morgan fingerprint density at radius 2 is 2.00 bits per heavy atom. The van der Waals surface area contributed by atoms with E-state index in [1.54, 1.807) is 12.1 Å². The minimum atomic E-state index is -0.733. The molecule has 0 amide bonds. The molecule has 0 unspecified atom stereocenters. The molecule has 0 bridgehead atoms. The Hall–Kier alpha value is -2.60. The standard InChI is InChI=1S/C14H11ClN2O4/c1-8-2-3-13(18)11(4-8)16-7-9-5-10(15)6-12(14(9)19)17(20)21/h2-7,18-19H,1H3. The average Bonchev–Trinajstić information content (AvgIpc) is 2.42. The average molecular weight is 307 g/mol. The first kappa shape index (κ1) is 14.8. The van der Waals surface area contributed by atoms with Crippen molar-refractivity contribution in [1.29, 1.82) is 0 Å². The summed E-state index contributed by atoms with van der Waals surface area (Å²) in [5, 5.41) is 30.4. The van der Waals surface area contributed by atoms with Gasteiger partial charge >= 0.3 is 5.69 Å². The Balaban J connectivity index is 2.46. The highest BCUT2D eigenvalue weighted by molar-refractivity contribution is 6.31. The third-order valence-electron chi connectivity index (χ3n) is 2.75. The first-order valence-corrected chi connectivity index (χ1v) is 6.27. The van der Waals surface area contributed by atoms with Crippen LogP contribution in [-0.2, 0) is 0 Å². The molecule has 0 saturated heterocycles. The normalized spacial score (nSPS) is 11.0. The van der Waals surface area contributed by atoms with E-state index in [0.717, 1.165) is 11.6 Å². The number of nitrogens with zero attached hydrogens (tertiary/aromatic N) is 2. The van der Waals surface area contributed by atoms with Crippen LogP contribution in [0.2, 0.25) is 5.02 Å². The van der Waals surface area contributed by atoms with Crippen molar-refractivity contribution in [3.8, 4) is 11.5 Å². The molecule has 0 aromatic heterocycles. The molecule has 2 N–H and O–H groups in total. The van der Waals surface area contributed by atoms with Crippen molar-refractivity contribution in [3.05, 3.63) is 56.6 Å². The van der Waals surface area contributed by atoms with Crippen LogP contribution in [0, 0.1) is 17.0 Å². The number of hydrogen-bond donors (Lipinski definition) is 2. The highest BCUT2D eigenvalue weighted by Gasteiger charge is 2.17. The second-order valence-electron chi connectivity index (χ2n) is 4.37. The molecule has 2 rings (SSSR count). The van der Waals surface area contributed by atoms with Crippen LogP contribution in [0.3, 0.4) is 0 Å². The summed E-state index contributed by atoms with van der Waals surface area (Å²) < 4.78 is 0. The lowest BCUT2D eigenvalue weighted by Crippen LogP contribution is -1.92. The van der Waals surface area contributed by atoms with Crippen molar-refractivity contribution in [3.63, 3.8) is 0 Å². The van der Waals surface area contributed by atoms with Gasteiger partial charge in [-0.3, -0.25) is 15.1 Å². The number of nitro groups is 1. The van der Waals surface area contributed by atoms with Gasteiger partial charge in [-0.25, -0.2) is 0 Å². The van der Waals surface area contributed by atoms with Crippen molar-refractivity contribution >= 4 is 29.2 Å². The predicted molar refractivity (Wildman–Crippen MR) is 79.9 cm³/mol. The number of halogens is 1. The molecule has 0 aliphatic carbocycles. The van der Waals surface area contributed by atoms with Gasteiger partial charge in [-0.1, -0.05) is 17.7 Å². The molecule has 0 aliphatic heterocycles. The van der Waals surface area contributed by atoms with E-state index in [2.05, 4.69) is 4.99 Å². The van der Waals surface area contributed by atoms with E-state index in [9.17, 15) is 20.3 Å². The van der Waals surface area contributed by atoms with Crippen LogP contribution >= 0.6 is 11.6 Å². The highest BCUT2D eigenvalue weighted by Crippen LogP contribution is 2.33. The molecule has 2 aromatic carbocycles. The summed E-state index contributed by atoms with van der Waals surface area (Å²) in [5.74, 6) is -0.562. The number of aromatic hydroxyl groups is 2. The molecule has 0 spiro atoms. The van der Waals surface area contributed by atoms with Crippen LogP contribution in [0.4, 0.5) is 11.4 Å². The van der Waals surface area contributed by atoms with E-state index in [0.29, 0.717) is 0 Å². The largest absolute Gasteiger partial charge is 0.506 e. The second kappa shape index (κ2) is 5.80. The lowest BCUT2D eigenvalue weighted by Gasteiger charge is -2.03. The van der Waals surface area contributed by atoms with Gasteiger partial charge in [0.25, 0.3) is 0 Å². The van der Waals surface area contributed by atoms with Gasteiger partial charge in [0.2, 0.25) is 5.75 Å². The Morgan fingerprint density at radius 3 is 2.67 bits per heavy atom. The summed E-state index contributed by atoms with van der Waals surface area (Å²) in [5.41, 5.74) is 0.769. The first-order valence-electron chi connectivity index (χ1n) is 5.89. The van der Waals surface area contributed by atoms with Gasteiger partial charge in [-0.15, -0.1) is 0 Å². The zero-order chi connectivity index (χ0) is 15.6. The van der Waals surface area contributed by atoms with Gasteiger partial charge < -0.3 is 10.2 Å². The van der Waals surface area contributed by atoms with Crippen LogP contribution in [0.25, 0.3) is 0 Å². The smallest absolute Gasteiger partial charge is 0.312 e. The van der Waals surface area contributed by atoms with Gasteiger partial charge in [-0.2, -0.15) is 0 Å². The zero-order valence-electron chi connectivity index (χ0n) is 10.9. The van der Waals surface area contributed by atoms with E-state index >= 15 is 0 Å². The summed E-state index contributed by atoms with van der Waals surface area (Å²) in [6.45, 7) is 1.83. The third kappa shape index (κ3) is 3.29. The monoisotopic (exact) mass is 306 g/mol. The first-order chi connectivity index (χ1) is 9.88. The fourth-order valence-corrected chi connectivity index (χ4v) is 1.94. The summed E-state index contributed by atoms with van der Waals surface area (Å²) in [4.78, 5) is 14.1. The molecule has 0 aliphatic rings. The number of nitro benzene ring substituents is 1. The van der Waals surface area contributed by atoms with E-state index in [1.807, 2.05) is 6.92 Å². The molecule has 2 aromatic rings. The molecule has 0 radical (unpaired) electrons. The minimum absolute atomic E-state index is 0.0344. The fraction of sp³-hybridized carbons (Fsp3) is 0.0714. The van der Waals surface area contributed by atoms with Crippen molar-refractivity contribution in [2.24, 2.45) is 4.99 Å². The molecule has 0 saturated carbocycles. The number of rotatable bonds is 3. The number of aliphatic imine (C=N–C) groups is 1. The summed E-state index contributed by atoms with van der Waals surface area (Å²) in [7, 11) is 0. The van der Waals surface area contributed by atoms with Crippen molar-refractivity contribution in [1.82, 2.24) is 0 Å². The van der Waals surface area contributed by atoms with E-state index in [1.165, 1.54) is 18.3 Å². The molecule has 0 atom stereocenters. The maximum atomic E-state index is 10.8. The molecular formula is C14H11ClN2O4. The Morgan fingerprint density at radius 1 is 1.29 bits per heavy atom. The van der Waals surface area contributed by atoms with Crippen molar-refractivity contribution in [2.45, 2.75) is 6.92 Å². The molecule has 7 heteroatoms. The van der Waals surface area contributed by atoms with Crippen LogP contribution in [0.1, 0.15) is 11.1 Å². The molecule has 6 nitrogen and oxygen atoms in total. The number of benzene rings is 2.